The van der Waals surface area contributed by atoms with E-state index >= 15 is 0 Å². The van der Waals surface area contributed by atoms with Gasteiger partial charge in [-0.15, -0.1) is 11.3 Å². The first-order valence-electron chi connectivity index (χ1n) is 7.00. The summed E-state index contributed by atoms with van der Waals surface area (Å²) in [6, 6.07) is 3.16. The summed E-state index contributed by atoms with van der Waals surface area (Å²) in [7, 11) is -3.52. The molecular formula is C13H16ClNO4S2. The van der Waals surface area contributed by atoms with Crippen LogP contribution in [0.2, 0.25) is 4.34 Å². The Morgan fingerprint density at radius 3 is 3.00 bits per heavy atom. The Morgan fingerprint density at radius 1 is 1.52 bits per heavy atom. The molecule has 1 N–H and O–H groups in total. The van der Waals surface area contributed by atoms with E-state index in [1.165, 1.54) is 4.31 Å². The number of ether oxygens (including phenoxy) is 1. The first kappa shape index (κ1) is 14.4. The van der Waals surface area contributed by atoms with E-state index in [-0.39, 0.29) is 34.4 Å². The SMILES string of the molecule is O=S(=O)(c1ccc(Cl)s1)N1C[C@@H]2[C@H](CO)[C@H]3CC[C@]2(C1)O3. The molecule has 4 heterocycles. The van der Waals surface area contributed by atoms with Gasteiger partial charge >= 0.3 is 0 Å². The molecule has 0 saturated carbocycles. The van der Waals surface area contributed by atoms with Gasteiger partial charge in [-0.25, -0.2) is 8.42 Å². The van der Waals surface area contributed by atoms with Crippen LogP contribution in [0.3, 0.4) is 0 Å². The maximum absolute atomic E-state index is 12.7. The number of rotatable bonds is 3. The van der Waals surface area contributed by atoms with Crippen molar-refractivity contribution < 1.29 is 18.3 Å². The van der Waals surface area contributed by atoms with Crippen LogP contribution in [-0.4, -0.2) is 49.2 Å². The molecule has 4 rings (SSSR count). The summed E-state index contributed by atoms with van der Waals surface area (Å²) in [6.45, 7) is 0.887. The van der Waals surface area contributed by atoms with Crippen molar-refractivity contribution in [2.24, 2.45) is 11.8 Å². The third kappa shape index (κ3) is 1.95. The lowest BCUT2D eigenvalue weighted by Crippen LogP contribution is -2.38. The van der Waals surface area contributed by atoms with Crippen LogP contribution in [0.15, 0.2) is 16.3 Å². The van der Waals surface area contributed by atoms with Gasteiger partial charge in [-0.1, -0.05) is 11.6 Å². The van der Waals surface area contributed by atoms with Crippen LogP contribution >= 0.6 is 22.9 Å². The summed E-state index contributed by atoms with van der Waals surface area (Å²) in [6.07, 6.45) is 1.90. The molecule has 116 valence electrons. The van der Waals surface area contributed by atoms with Gasteiger partial charge in [-0.3, -0.25) is 0 Å². The fourth-order valence-electron chi connectivity index (χ4n) is 4.14. The van der Waals surface area contributed by atoms with E-state index in [9.17, 15) is 13.5 Å². The Morgan fingerprint density at radius 2 is 2.33 bits per heavy atom. The molecule has 0 radical (unpaired) electrons. The summed E-state index contributed by atoms with van der Waals surface area (Å²) >= 11 is 6.93. The van der Waals surface area contributed by atoms with E-state index < -0.39 is 10.0 Å². The molecular weight excluding hydrogens is 334 g/mol. The molecule has 1 aromatic heterocycles. The van der Waals surface area contributed by atoms with Crippen molar-refractivity contribution in [1.82, 2.24) is 4.31 Å². The number of hydrogen-bond acceptors (Lipinski definition) is 5. The zero-order valence-corrected chi connectivity index (χ0v) is 13.6. The van der Waals surface area contributed by atoms with E-state index in [0.29, 0.717) is 17.4 Å². The highest BCUT2D eigenvalue weighted by Gasteiger charge is 2.64. The molecule has 4 atom stereocenters. The summed E-state index contributed by atoms with van der Waals surface area (Å²) in [5.41, 5.74) is -0.383. The normalized spacial score (nSPS) is 39.0. The van der Waals surface area contributed by atoms with Crippen LogP contribution in [0.4, 0.5) is 0 Å². The summed E-state index contributed by atoms with van der Waals surface area (Å²) < 4.78 is 33.7. The van der Waals surface area contributed by atoms with Gasteiger partial charge in [-0.05, 0) is 25.0 Å². The predicted octanol–water partition coefficient (Wildman–Crippen LogP) is 1.56. The Hall–Kier alpha value is -0.180. The van der Waals surface area contributed by atoms with Crippen molar-refractivity contribution in [2.45, 2.75) is 28.8 Å². The summed E-state index contributed by atoms with van der Waals surface area (Å²) in [5, 5.41) is 9.58. The molecule has 0 unspecified atom stereocenters. The minimum atomic E-state index is -3.52. The lowest BCUT2D eigenvalue weighted by molar-refractivity contribution is 0.00645. The highest BCUT2D eigenvalue weighted by atomic mass is 35.5. The van der Waals surface area contributed by atoms with E-state index in [4.69, 9.17) is 16.3 Å². The van der Waals surface area contributed by atoms with Gasteiger partial charge < -0.3 is 9.84 Å². The lowest BCUT2D eigenvalue weighted by Gasteiger charge is -2.27. The van der Waals surface area contributed by atoms with Crippen molar-refractivity contribution in [3.8, 4) is 0 Å². The number of sulfonamides is 1. The van der Waals surface area contributed by atoms with Crippen molar-refractivity contribution in [2.75, 3.05) is 19.7 Å². The number of thiophene rings is 1. The largest absolute Gasteiger partial charge is 0.396 e. The summed E-state index contributed by atoms with van der Waals surface area (Å²) in [4.78, 5) is 0. The maximum Gasteiger partial charge on any atom is 0.252 e. The van der Waals surface area contributed by atoms with Crippen LogP contribution < -0.4 is 0 Å². The Labute approximate surface area is 132 Å². The van der Waals surface area contributed by atoms with E-state index in [1.807, 2.05) is 0 Å². The second-order valence-electron chi connectivity index (χ2n) is 6.07. The Kier molecular flexibility index (Phi) is 3.20. The van der Waals surface area contributed by atoms with E-state index in [2.05, 4.69) is 0 Å². The van der Waals surface area contributed by atoms with E-state index in [1.54, 1.807) is 12.1 Å². The standard InChI is InChI=1S/C13H16ClNO4S2/c14-11-1-2-12(20-11)21(17,18)15-5-9-8(6-16)10-3-4-13(9,7-15)19-10/h1-2,8-10,16H,3-7H2/t8-,9+,10+,13+/m0/s1. The first-order chi connectivity index (χ1) is 9.96. The van der Waals surface area contributed by atoms with Gasteiger partial charge in [0.05, 0.1) is 16.0 Å². The number of nitrogens with zero attached hydrogens (tertiary/aromatic N) is 1. The second kappa shape index (κ2) is 4.66. The van der Waals surface area contributed by atoms with Crippen molar-refractivity contribution in [3.05, 3.63) is 16.5 Å². The molecule has 0 aromatic carbocycles. The van der Waals surface area contributed by atoms with Crippen LogP contribution in [0.1, 0.15) is 12.8 Å². The molecule has 5 nitrogen and oxygen atoms in total. The van der Waals surface area contributed by atoms with Crippen LogP contribution in [0, 0.1) is 11.8 Å². The zero-order valence-electron chi connectivity index (χ0n) is 11.2. The number of aliphatic hydroxyl groups is 1. The zero-order chi connectivity index (χ0) is 14.8. The molecule has 8 heteroatoms. The van der Waals surface area contributed by atoms with Crippen molar-refractivity contribution in [1.29, 1.82) is 0 Å². The van der Waals surface area contributed by atoms with Crippen molar-refractivity contribution in [3.63, 3.8) is 0 Å². The fraction of sp³-hybridized carbons (Fsp3) is 0.692. The van der Waals surface area contributed by atoms with Gasteiger partial charge in [0, 0.05) is 31.5 Å². The highest BCUT2D eigenvalue weighted by Crippen LogP contribution is 2.55. The van der Waals surface area contributed by atoms with E-state index in [0.717, 1.165) is 24.2 Å². The van der Waals surface area contributed by atoms with Gasteiger partial charge in [0.15, 0.2) is 0 Å². The average Bonchev–Trinajstić information content (AvgIpc) is 3.15. The van der Waals surface area contributed by atoms with Gasteiger partial charge in [-0.2, -0.15) is 4.31 Å². The second-order valence-corrected chi connectivity index (χ2v) is 9.95. The number of halogens is 1. The number of fused-ring (bicyclic) bond motifs is 1. The monoisotopic (exact) mass is 349 g/mol. The summed E-state index contributed by atoms with van der Waals surface area (Å²) in [5.74, 6) is 0.164. The van der Waals surface area contributed by atoms with Crippen LogP contribution in [0.5, 0.6) is 0 Å². The molecule has 21 heavy (non-hydrogen) atoms. The third-order valence-electron chi connectivity index (χ3n) is 5.11. The lowest BCUT2D eigenvalue weighted by atomic mass is 9.74. The third-order valence-corrected chi connectivity index (χ3v) is 8.62. The van der Waals surface area contributed by atoms with Gasteiger partial charge in [0.25, 0.3) is 10.0 Å². The number of aliphatic hydroxyl groups excluding tert-OH is 1. The molecule has 1 aromatic rings. The minimum Gasteiger partial charge on any atom is -0.396 e. The highest BCUT2D eigenvalue weighted by molar-refractivity contribution is 7.91. The fourth-order valence-corrected chi connectivity index (χ4v) is 7.30. The smallest absolute Gasteiger partial charge is 0.252 e. The maximum atomic E-state index is 12.7. The molecule has 3 aliphatic heterocycles. The molecule has 3 fully saturated rings. The van der Waals surface area contributed by atoms with Crippen LogP contribution in [-0.2, 0) is 14.8 Å². The topological polar surface area (TPSA) is 66.8 Å². The van der Waals surface area contributed by atoms with Crippen LogP contribution in [0.25, 0.3) is 0 Å². The molecule has 3 saturated heterocycles. The van der Waals surface area contributed by atoms with Gasteiger partial charge in [0.1, 0.15) is 4.21 Å². The molecule has 0 amide bonds. The molecule has 0 aliphatic carbocycles. The predicted molar refractivity (Wildman–Crippen MR) is 79.0 cm³/mol. The molecule has 3 aliphatic rings. The first-order valence-corrected chi connectivity index (χ1v) is 9.64. The Balaban J connectivity index is 1.65. The minimum absolute atomic E-state index is 0.0610. The Bertz CT molecular complexity index is 675. The molecule has 2 bridgehead atoms. The van der Waals surface area contributed by atoms with Crippen molar-refractivity contribution >= 4 is 33.0 Å². The quantitative estimate of drug-likeness (QED) is 0.899. The van der Waals surface area contributed by atoms with Gasteiger partial charge in [0.2, 0.25) is 0 Å². The molecule has 1 spiro atoms. The average molecular weight is 350 g/mol. The number of hydrogen-bond donors (Lipinski definition) is 1.